The predicted molar refractivity (Wildman–Crippen MR) is 125 cm³/mol. The summed E-state index contributed by atoms with van der Waals surface area (Å²) in [5, 5.41) is 2.21. The fourth-order valence-electron chi connectivity index (χ4n) is 3.87. The zero-order valence-corrected chi connectivity index (χ0v) is 18.0. The maximum absolute atomic E-state index is 13.4. The molecule has 0 spiro atoms. The zero-order chi connectivity index (χ0) is 23.0. The summed E-state index contributed by atoms with van der Waals surface area (Å²) >= 11 is 1.65. The Morgan fingerprint density at radius 1 is 0.879 bits per heavy atom. The number of benzene rings is 3. The quantitative estimate of drug-likeness (QED) is 0.318. The molecule has 3 nitrogen and oxygen atoms in total. The van der Waals surface area contributed by atoms with Crippen LogP contribution in [0.25, 0.3) is 21.7 Å². The van der Waals surface area contributed by atoms with Crippen LogP contribution in [0, 0.1) is 0 Å². The van der Waals surface area contributed by atoms with Gasteiger partial charge in [0.2, 0.25) is 5.56 Å². The van der Waals surface area contributed by atoms with Crippen molar-refractivity contribution in [3.05, 3.63) is 112 Å². The topological polar surface area (TPSA) is 45.8 Å². The van der Waals surface area contributed by atoms with E-state index in [1.165, 1.54) is 12.1 Å². The van der Waals surface area contributed by atoms with E-state index < -0.39 is 17.3 Å². The van der Waals surface area contributed by atoms with Crippen LogP contribution in [0.2, 0.25) is 0 Å². The normalized spacial score (nSPS) is 11.8. The van der Waals surface area contributed by atoms with Crippen molar-refractivity contribution in [1.82, 2.24) is 9.97 Å². The largest absolute Gasteiger partial charge is 0.417 e. The first-order chi connectivity index (χ1) is 15.9. The van der Waals surface area contributed by atoms with E-state index in [4.69, 9.17) is 0 Å². The summed E-state index contributed by atoms with van der Waals surface area (Å²) in [7, 11) is 0. The Bertz CT molecular complexity index is 1520. The highest BCUT2D eigenvalue weighted by atomic mass is 32.2. The molecule has 0 bridgehead atoms. The average molecular weight is 462 g/mol. The fraction of sp³-hybridized carbons (Fsp3) is 0.0769. The molecule has 33 heavy (non-hydrogen) atoms. The van der Waals surface area contributed by atoms with Crippen LogP contribution in [0.3, 0.4) is 0 Å². The monoisotopic (exact) mass is 462 g/mol. The molecule has 5 rings (SSSR count). The van der Waals surface area contributed by atoms with Gasteiger partial charge < -0.3 is 4.98 Å². The first-order valence-corrected chi connectivity index (χ1v) is 11.0. The van der Waals surface area contributed by atoms with Crippen LogP contribution in [0.5, 0.6) is 0 Å². The lowest BCUT2D eigenvalue weighted by Gasteiger charge is -2.11. The second-order valence-corrected chi connectivity index (χ2v) is 8.82. The van der Waals surface area contributed by atoms with Crippen molar-refractivity contribution in [2.45, 2.75) is 22.4 Å². The van der Waals surface area contributed by atoms with Crippen molar-refractivity contribution in [2.24, 2.45) is 0 Å². The number of hydrogen-bond donors (Lipinski definition) is 1. The van der Waals surface area contributed by atoms with E-state index in [-0.39, 0.29) is 10.9 Å². The lowest BCUT2D eigenvalue weighted by atomic mass is 10.0. The van der Waals surface area contributed by atoms with E-state index in [9.17, 15) is 18.0 Å². The first-order valence-electron chi connectivity index (χ1n) is 10.2. The van der Waals surface area contributed by atoms with Crippen molar-refractivity contribution in [1.29, 1.82) is 0 Å². The maximum Gasteiger partial charge on any atom is 0.417 e. The number of H-pyrrole nitrogens is 1. The van der Waals surface area contributed by atoms with Gasteiger partial charge in [0.05, 0.1) is 5.56 Å². The lowest BCUT2D eigenvalue weighted by molar-refractivity contribution is -0.136. The minimum absolute atomic E-state index is 0.00257. The Balaban J connectivity index is 1.40. The number of aromatic nitrogens is 2. The van der Waals surface area contributed by atoms with E-state index in [1.807, 2.05) is 48.7 Å². The molecule has 0 atom stereocenters. The van der Waals surface area contributed by atoms with Gasteiger partial charge in [0.25, 0.3) is 0 Å². The van der Waals surface area contributed by atoms with Crippen LogP contribution < -0.4 is 5.56 Å². The van der Waals surface area contributed by atoms with E-state index in [1.54, 1.807) is 24.0 Å². The summed E-state index contributed by atoms with van der Waals surface area (Å²) in [5.74, 6) is 0. The molecule has 0 saturated heterocycles. The number of rotatable bonds is 4. The molecule has 2 heterocycles. The van der Waals surface area contributed by atoms with Crippen molar-refractivity contribution < 1.29 is 13.2 Å². The molecule has 0 fully saturated rings. The molecule has 5 aromatic rings. The minimum atomic E-state index is -4.60. The smallest absolute Gasteiger partial charge is 0.322 e. The Hall–Kier alpha value is -3.58. The number of fused-ring (bicyclic) bond motifs is 2. The summed E-state index contributed by atoms with van der Waals surface area (Å²) in [6.45, 7) is 0. The van der Waals surface area contributed by atoms with Gasteiger partial charge in [-0.3, -0.25) is 9.78 Å². The van der Waals surface area contributed by atoms with Crippen LogP contribution >= 0.6 is 11.8 Å². The van der Waals surface area contributed by atoms with Crippen molar-refractivity contribution in [3.8, 4) is 0 Å². The van der Waals surface area contributed by atoms with Gasteiger partial charge in [0.1, 0.15) is 0 Å². The number of hydrogen-bond acceptors (Lipinski definition) is 3. The highest BCUT2D eigenvalue weighted by molar-refractivity contribution is 7.99. The van der Waals surface area contributed by atoms with Crippen LogP contribution in [0.15, 0.2) is 99.8 Å². The number of aromatic amines is 1. The molecule has 0 aliphatic rings. The molecule has 0 aliphatic heterocycles. The number of nitrogens with one attached hydrogen (secondary N) is 1. The van der Waals surface area contributed by atoms with Crippen LogP contribution in [-0.2, 0) is 12.6 Å². The standard InChI is InChI=1S/C26H17F3N2OS/c27-26(28,29)22-14-25(32)31-23-9-6-17(13-21(22)23)12-16-4-7-19(8-5-16)33-24-3-1-2-18-15-30-11-10-20(18)24/h1-11,13-15H,12H2,(H,31,32). The van der Waals surface area contributed by atoms with Gasteiger partial charge in [-0.25, -0.2) is 0 Å². The van der Waals surface area contributed by atoms with Crippen LogP contribution in [0.4, 0.5) is 13.2 Å². The minimum Gasteiger partial charge on any atom is -0.322 e. The second kappa shape index (κ2) is 8.41. The molecular weight excluding hydrogens is 445 g/mol. The fourth-order valence-corrected chi connectivity index (χ4v) is 4.83. The summed E-state index contributed by atoms with van der Waals surface area (Å²) in [6, 6.07) is 21.5. The zero-order valence-electron chi connectivity index (χ0n) is 17.2. The summed E-state index contributed by atoms with van der Waals surface area (Å²) in [4.78, 5) is 20.4. The van der Waals surface area contributed by atoms with Gasteiger partial charge >= 0.3 is 6.18 Å². The third-order valence-electron chi connectivity index (χ3n) is 5.41. The molecule has 0 radical (unpaired) electrons. The second-order valence-electron chi connectivity index (χ2n) is 7.70. The Morgan fingerprint density at radius 3 is 2.45 bits per heavy atom. The van der Waals surface area contributed by atoms with E-state index in [0.29, 0.717) is 12.5 Å². The maximum atomic E-state index is 13.4. The Morgan fingerprint density at radius 2 is 1.67 bits per heavy atom. The van der Waals surface area contributed by atoms with E-state index in [0.717, 1.165) is 31.7 Å². The molecule has 1 N–H and O–H groups in total. The summed E-state index contributed by atoms with van der Waals surface area (Å²) in [6.07, 6.45) is -0.496. The molecule has 0 aliphatic carbocycles. The highest BCUT2D eigenvalue weighted by Gasteiger charge is 2.33. The molecule has 0 unspecified atom stereocenters. The number of nitrogens with zero attached hydrogens (tertiary/aromatic N) is 1. The van der Waals surface area contributed by atoms with Crippen molar-refractivity contribution >= 4 is 33.4 Å². The molecule has 3 aromatic carbocycles. The van der Waals surface area contributed by atoms with Gasteiger partial charge in [-0.05, 0) is 59.3 Å². The molecular formula is C26H17F3N2OS. The number of alkyl halides is 3. The molecule has 7 heteroatoms. The van der Waals surface area contributed by atoms with Gasteiger partial charge in [0.15, 0.2) is 0 Å². The SMILES string of the molecule is O=c1cc(C(F)(F)F)c2cc(Cc3ccc(Sc4cccc5cnccc45)cc3)ccc2[nH]1. The Kier molecular flexibility index (Phi) is 5.42. The Labute approximate surface area is 191 Å². The third-order valence-corrected chi connectivity index (χ3v) is 6.50. The lowest BCUT2D eigenvalue weighted by Crippen LogP contribution is -2.14. The summed E-state index contributed by atoms with van der Waals surface area (Å²) < 4.78 is 40.3. The molecule has 2 aromatic heterocycles. The van der Waals surface area contributed by atoms with Gasteiger partial charge in [-0.15, -0.1) is 0 Å². The molecule has 0 amide bonds. The van der Waals surface area contributed by atoms with Crippen LogP contribution in [-0.4, -0.2) is 9.97 Å². The van der Waals surface area contributed by atoms with Crippen molar-refractivity contribution in [2.75, 3.05) is 0 Å². The van der Waals surface area contributed by atoms with E-state index >= 15 is 0 Å². The number of pyridine rings is 2. The first kappa shape index (κ1) is 21.3. The van der Waals surface area contributed by atoms with E-state index in [2.05, 4.69) is 16.0 Å². The summed E-state index contributed by atoms with van der Waals surface area (Å²) in [5.41, 5.74) is 0.217. The molecule has 164 valence electrons. The predicted octanol–water partition coefficient (Wildman–Crippen LogP) is 6.84. The molecule has 0 saturated carbocycles. The number of halogens is 3. The van der Waals surface area contributed by atoms with Gasteiger partial charge in [-0.1, -0.05) is 42.1 Å². The van der Waals surface area contributed by atoms with Gasteiger partial charge in [-0.2, -0.15) is 13.2 Å². The van der Waals surface area contributed by atoms with Crippen LogP contribution in [0.1, 0.15) is 16.7 Å². The average Bonchev–Trinajstić information content (AvgIpc) is 2.80. The van der Waals surface area contributed by atoms with Crippen molar-refractivity contribution in [3.63, 3.8) is 0 Å². The van der Waals surface area contributed by atoms with Gasteiger partial charge in [0, 0.05) is 44.5 Å². The highest BCUT2D eigenvalue weighted by Crippen LogP contribution is 2.35. The third kappa shape index (κ3) is 4.50.